The first kappa shape index (κ1) is 19.1. The number of imidazole rings is 1. The third kappa shape index (κ3) is 3.48. The molecule has 0 unspecified atom stereocenters. The molecule has 1 aliphatic rings. The Hall–Kier alpha value is -3.22. The summed E-state index contributed by atoms with van der Waals surface area (Å²) in [6.07, 6.45) is 0. The molecular weight excluding hydrogens is 371 g/mol. The van der Waals surface area contributed by atoms with Crippen LogP contribution < -0.4 is 5.32 Å². The zero-order valence-corrected chi connectivity index (χ0v) is 16.6. The van der Waals surface area contributed by atoms with Gasteiger partial charge in [0, 0.05) is 38.5 Å². The van der Waals surface area contributed by atoms with Crippen molar-refractivity contribution in [3.63, 3.8) is 0 Å². The van der Waals surface area contributed by atoms with Gasteiger partial charge < -0.3 is 14.8 Å². The van der Waals surface area contributed by atoms with Crippen LogP contribution in [-0.2, 0) is 11.8 Å². The lowest BCUT2D eigenvalue weighted by Crippen LogP contribution is -2.39. The summed E-state index contributed by atoms with van der Waals surface area (Å²) in [5, 5.41) is 2.88. The number of likely N-dealkylation sites (tertiary alicyclic amines) is 1. The Balaban J connectivity index is 1.63. The molecule has 2 heterocycles. The Morgan fingerprint density at radius 1 is 1.17 bits per heavy atom. The molecule has 0 radical (unpaired) electrons. The first-order valence-electron chi connectivity index (χ1n) is 9.59. The monoisotopic (exact) mass is 394 g/mol. The first-order valence-corrected chi connectivity index (χ1v) is 9.59. The Kier molecular flexibility index (Phi) is 4.82. The molecule has 1 N–H and O–H groups in total. The van der Waals surface area contributed by atoms with E-state index in [9.17, 15) is 14.0 Å². The molecule has 0 bridgehead atoms. The van der Waals surface area contributed by atoms with Crippen molar-refractivity contribution in [2.45, 2.75) is 25.8 Å². The average Bonchev–Trinajstić information content (AvgIpc) is 3.22. The summed E-state index contributed by atoms with van der Waals surface area (Å²) < 4.78 is 16.4. The van der Waals surface area contributed by atoms with Crippen molar-refractivity contribution < 1.29 is 14.0 Å². The molecule has 2 aromatic carbocycles. The van der Waals surface area contributed by atoms with Crippen LogP contribution in [-0.4, -0.2) is 45.4 Å². The van der Waals surface area contributed by atoms with Gasteiger partial charge >= 0.3 is 0 Å². The number of hydrogen-bond acceptors (Lipinski definition) is 3. The van der Waals surface area contributed by atoms with Gasteiger partial charge in [0.15, 0.2) is 0 Å². The van der Waals surface area contributed by atoms with Crippen LogP contribution in [0.1, 0.15) is 34.6 Å². The maximum Gasteiger partial charge on any atom is 0.254 e. The van der Waals surface area contributed by atoms with Crippen molar-refractivity contribution in [1.82, 2.24) is 19.8 Å². The topological polar surface area (TPSA) is 67.2 Å². The van der Waals surface area contributed by atoms with Crippen LogP contribution in [0.25, 0.3) is 11.0 Å². The summed E-state index contributed by atoms with van der Waals surface area (Å²) in [6, 6.07) is 11.6. The van der Waals surface area contributed by atoms with Crippen LogP contribution in [0.5, 0.6) is 0 Å². The molecule has 3 aromatic rings. The SMILES string of the molecule is CC(=O)N[C@@H]1CN(C(=O)c2ccc3c(c2)nc(C)n3C)C[C@H]1c1ccccc1F. The Morgan fingerprint density at radius 3 is 2.66 bits per heavy atom. The first-order chi connectivity index (χ1) is 13.8. The second-order valence-corrected chi connectivity index (χ2v) is 7.57. The lowest BCUT2D eigenvalue weighted by atomic mass is 9.94. The zero-order valence-electron chi connectivity index (χ0n) is 16.6. The number of fused-ring (bicyclic) bond motifs is 1. The van der Waals surface area contributed by atoms with Gasteiger partial charge in [-0.3, -0.25) is 9.59 Å². The van der Waals surface area contributed by atoms with E-state index in [1.54, 1.807) is 35.2 Å². The summed E-state index contributed by atoms with van der Waals surface area (Å²) in [5.41, 5.74) is 2.77. The number of halogens is 1. The predicted molar refractivity (Wildman–Crippen MR) is 108 cm³/mol. The van der Waals surface area contributed by atoms with Gasteiger partial charge in [-0.1, -0.05) is 18.2 Å². The molecule has 1 aliphatic heterocycles. The van der Waals surface area contributed by atoms with Crippen LogP contribution in [0, 0.1) is 12.7 Å². The number of carbonyl (C=O) groups excluding carboxylic acids is 2. The number of nitrogens with zero attached hydrogens (tertiary/aromatic N) is 3. The second kappa shape index (κ2) is 7.31. The van der Waals surface area contributed by atoms with Crippen molar-refractivity contribution in [2.24, 2.45) is 7.05 Å². The molecule has 6 nitrogen and oxygen atoms in total. The van der Waals surface area contributed by atoms with E-state index < -0.39 is 0 Å². The third-order valence-electron chi connectivity index (χ3n) is 5.65. The number of nitrogens with one attached hydrogen (secondary N) is 1. The molecule has 0 spiro atoms. The van der Waals surface area contributed by atoms with Gasteiger partial charge in [-0.05, 0) is 36.8 Å². The van der Waals surface area contributed by atoms with E-state index in [0.29, 0.717) is 24.2 Å². The highest BCUT2D eigenvalue weighted by Crippen LogP contribution is 2.31. The fourth-order valence-corrected chi connectivity index (χ4v) is 4.10. The molecular formula is C22H23FN4O2. The lowest BCUT2D eigenvalue weighted by molar-refractivity contribution is -0.119. The normalized spacial score (nSPS) is 19.0. The van der Waals surface area contributed by atoms with E-state index in [1.165, 1.54) is 13.0 Å². The standard InChI is InChI=1S/C22H23FN4O2/c1-13-24-19-10-15(8-9-21(19)26(13)3)22(29)27-11-17(20(12-27)25-14(2)28)16-6-4-5-7-18(16)23/h4-10,17,20H,11-12H2,1-3H3,(H,25,28)/t17-,20+/m0/s1. The summed E-state index contributed by atoms with van der Waals surface area (Å²) in [7, 11) is 1.93. The maximum absolute atomic E-state index is 14.4. The highest BCUT2D eigenvalue weighted by Gasteiger charge is 2.38. The third-order valence-corrected chi connectivity index (χ3v) is 5.65. The summed E-state index contributed by atoms with van der Waals surface area (Å²) in [6.45, 7) is 4.01. The highest BCUT2D eigenvalue weighted by molar-refractivity contribution is 5.97. The Morgan fingerprint density at radius 2 is 1.93 bits per heavy atom. The minimum atomic E-state index is -0.339. The minimum absolute atomic E-state index is 0.149. The fourth-order valence-electron chi connectivity index (χ4n) is 4.10. The number of rotatable bonds is 3. The van der Waals surface area contributed by atoms with Crippen molar-refractivity contribution in [1.29, 1.82) is 0 Å². The molecule has 1 aromatic heterocycles. The molecule has 150 valence electrons. The predicted octanol–water partition coefficient (Wildman–Crippen LogP) is 2.77. The van der Waals surface area contributed by atoms with Crippen LogP contribution in [0.2, 0.25) is 0 Å². The number of hydrogen-bond donors (Lipinski definition) is 1. The van der Waals surface area contributed by atoms with Crippen LogP contribution in [0.3, 0.4) is 0 Å². The number of amides is 2. The maximum atomic E-state index is 14.4. The molecule has 1 saturated heterocycles. The molecule has 0 saturated carbocycles. The van der Waals surface area contributed by atoms with Gasteiger partial charge in [0.1, 0.15) is 11.6 Å². The highest BCUT2D eigenvalue weighted by atomic mass is 19.1. The molecule has 7 heteroatoms. The Bertz CT molecular complexity index is 1110. The van der Waals surface area contributed by atoms with Gasteiger partial charge in [0.25, 0.3) is 5.91 Å². The van der Waals surface area contributed by atoms with Crippen molar-refractivity contribution in [2.75, 3.05) is 13.1 Å². The second-order valence-electron chi connectivity index (χ2n) is 7.57. The molecule has 2 atom stereocenters. The van der Waals surface area contributed by atoms with Crippen LogP contribution in [0.15, 0.2) is 42.5 Å². The molecule has 2 amide bonds. The van der Waals surface area contributed by atoms with Crippen molar-refractivity contribution >= 4 is 22.8 Å². The molecule has 0 aliphatic carbocycles. The number of benzene rings is 2. The number of aryl methyl sites for hydroxylation is 2. The van der Waals surface area contributed by atoms with E-state index in [4.69, 9.17) is 0 Å². The van der Waals surface area contributed by atoms with Crippen molar-refractivity contribution in [3.05, 3.63) is 65.2 Å². The largest absolute Gasteiger partial charge is 0.351 e. The Labute approximate surface area is 168 Å². The average molecular weight is 394 g/mol. The van der Waals surface area contributed by atoms with Gasteiger partial charge in [-0.25, -0.2) is 9.37 Å². The minimum Gasteiger partial charge on any atom is -0.351 e. The molecule has 1 fully saturated rings. The fraction of sp³-hybridized carbons (Fsp3) is 0.318. The number of carbonyl (C=O) groups is 2. The van der Waals surface area contributed by atoms with E-state index in [1.807, 2.05) is 24.6 Å². The van der Waals surface area contributed by atoms with E-state index >= 15 is 0 Å². The van der Waals surface area contributed by atoms with Gasteiger partial charge in [-0.15, -0.1) is 0 Å². The summed E-state index contributed by atoms with van der Waals surface area (Å²) in [4.78, 5) is 31.0. The lowest BCUT2D eigenvalue weighted by Gasteiger charge is -2.19. The summed E-state index contributed by atoms with van der Waals surface area (Å²) in [5.74, 6) is -0.103. The van der Waals surface area contributed by atoms with Crippen LogP contribution in [0.4, 0.5) is 4.39 Å². The number of aromatic nitrogens is 2. The summed E-state index contributed by atoms with van der Waals surface area (Å²) >= 11 is 0. The van der Waals surface area contributed by atoms with E-state index in [2.05, 4.69) is 10.3 Å². The molecule has 4 rings (SSSR count). The van der Waals surface area contributed by atoms with Crippen molar-refractivity contribution in [3.8, 4) is 0 Å². The smallest absolute Gasteiger partial charge is 0.254 e. The van der Waals surface area contributed by atoms with Gasteiger partial charge in [0.05, 0.1) is 17.1 Å². The van der Waals surface area contributed by atoms with Gasteiger partial charge in [0.2, 0.25) is 5.91 Å². The van der Waals surface area contributed by atoms with Crippen LogP contribution >= 0.6 is 0 Å². The zero-order chi connectivity index (χ0) is 20.7. The van der Waals surface area contributed by atoms with E-state index in [-0.39, 0.29) is 29.6 Å². The van der Waals surface area contributed by atoms with Gasteiger partial charge in [-0.2, -0.15) is 0 Å². The quantitative estimate of drug-likeness (QED) is 0.743. The van der Waals surface area contributed by atoms with E-state index in [0.717, 1.165) is 16.9 Å². The molecule has 29 heavy (non-hydrogen) atoms.